The predicted octanol–water partition coefficient (Wildman–Crippen LogP) is 8.35. The van der Waals surface area contributed by atoms with E-state index in [1.54, 1.807) is 0 Å². The lowest BCUT2D eigenvalue weighted by molar-refractivity contribution is 1.07. The molecule has 0 bridgehead atoms. The Hall–Kier alpha value is -4.34. The average Bonchev–Trinajstić information content (AvgIpc) is 2.93. The van der Waals surface area contributed by atoms with Crippen molar-refractivity contribution < 1.29 is 0 Å². The van der Waals surface area contributed by atoms with Gasteiger partial charge in [0, 0.05) is 11.1 Å². The van der Waals surface area contributed by atoms with Gasteiger partial charge in [-0.25, -0.2) is 4.98 Å². The van der Waals surface area contributed by atoms with Crippen molar-refractivity contribution in [3.05, 3.63) is 127 Å². The maximum atomic E-state index is 6.35. The number of halogens is 1. The SMILES string of the molecule is Clc1nc(-c2cccc(-c3cccc(-c4ccccc4)c3)c2)nc(-c2ccc3ccccc3c2)n1. The van der Waals surface area contributed by atoms with E-state index in [2.05, 4.69) is 94.9 Å². The zero-order chi connectivity index (χ0) is 23.6. The van der Waals surface area contributed by atoms with E-state index in [1.165, 1.54) is 16.5 Å². The Morgan fingerprint density at radius 3 is 1.60 bits per heavy atom. The molecule has 1 heterocycles. The quantitative estimate of drug-likeness (QED) is 0.260. The second-order valence-electron chi connectivity index (χ2n) is 8.34. The molecule has 0 amide bonds. The lowest BCUT2D eigenvalue weighted by atomic mass is 9.98. The van der Waals surface area contributed by atoms with Crippen molar-refractivity contribution in [2.75, 3.05) is 0 Å². The molecule has 0 saturated heterocycles. The van der Waals surface area contributed by atoms with Crippen molar-refractivity contribution in [2.24, 2.45) is 0 Å². The fourth-order valence-corrected chi connectivity index (χ4v) is 4.44. The maximum absolute atomic E-state index is 6.35. The topological polar surface area (TPSA) is 38.7 Å². The van der Waals surface area contributed by atoms with Gasteiger partial charge in [-0.1, -0.05) is 103 Å². The van der Waals surface area contributed by atoms with Gasteiger partial charge in [0.15, 0.2) is 11.6 Å². The summed E-state index contributed by atoms with van der Waals surface area (Å²) < 4.78 is 0. The van der Waals surface area contributed by atoms with Crippen LogP contribution in [0.3, 0.4) is 0 Å². The highest BCUT2D eigenvalue weighted by Gasteiger charge is 2.11. The first-order chi connectivity index (χ1) is 17.2. The summed E-state index contributed by atoms with van der Waals surface area (Å²) in [6.07, 6.45) is 0. The van der Waals surface area contributed by atoms with E-state index in [-0.39, 0.29) is 5.28 Å². The molecular formula is C31H20ClN3. The van der Waals surface area contributed by atoms with Gasteiger partial charge in [-0.3, -0.25) is 0 Å². The number of hydrogen-bond donors (Lipinski definition) is 0. The van der Waals surface area contributed by atoms with Crippen LogP contribution in [-0.2, 0) is 0 Å². The monoisotopic (exact) mass is 469 g/mol. The summed E-state index contributed by atoms with van der Waals surface area (Å²) in [6.45, 7) is 0. The minimum Gasteiger partial charge on any atom is -0.208 e. The van der Waals surface area contributed by atoms with Crippen LogP contribution in [-0.4, -0.2) is 15.0 Å². The molecule has 166 valence electrons. The smallest absolute Gasteiger partial charge is 0.208 e. The van der Waals surface area contributed by atoms with Gasteiger partial charge < -0.3 is 0 Å². The third kappa shape index (κ3) is 4.42. The molecule has 6 rings (SSSR count). The lowest BCUT2D eigenvalue weighted by Crippen LogP contribution is -1.97. The van der Waals surface area contributed by atoms with E-state index in [4.69, 9.17) is 16.6 Å². The highest BCUT2D eigenvalue weighted by molar-refractivity contribution is 6.28. The van der Waals surface area contributed by atoms with Gasteiger partial charge in [0.2, 0.25) is 5.28 Å². The summed E-state index contributed by atoms with van der Waals surface area (Å²) in [5, 5.41) is 2.47. The van der Waals surface area contributed by atoms with Crippen LogP contribution in [0.4, 0.5) is 0 Å². The Morgan fingerprint density at radius 1 is 0.371 bits per heavy atom. The summed E-state index contributed by atoms with van der Waals surface area (Å²) >= 11 is 6.35. The first kappa shape index (κ1) is 21.2. The minimum atomic E-state index is 0.176. The molecule has 0 saturated carbocycles. The molecule has 35 heavy (non-hydrogen) atoms. The summed E-state index contributed by atoms with van der Waals surface area (Å²) in [7, 11) is 0. The third-order valence-corrected chi connectivity index (χ3v) is 6.21. The fourth-order valence-electron chi connectivity index (χ4n) is 4.28. The molecule has 0 spiro atoms. The molecule has 4 heteroatoms. The van der Waals surface area contributed by atoms with Crippen molar-refractivity contribution in [2.45, 2.75) is 0 Å². The molecule has 0 fully saturated rings. The molecule has 0 aliphatic carbocycles. The Kier molecular flexibility index (Phi) is 5.53. The van der Waals surface area contributed by atoms with Gasteiger partial charge in [0.05, 0.1) is 0 Å². The number of aromatic nitrogens is 3. The summed E-state index contributed by atoms with van der Waals surface area (Å²) in [5.74, 6) is 1.11. The number of rotatable bonds is 4. The van der Waals surface area contributed by atoms with Crippen LogP contribution in [0.1, 0.15) is 0 Å². The lowest BCUT2D eigenvalue weighted by Gasteiger charge is -2.09. The van der Waals surface area contributed by atoms with E-state index in [0.29, 0.717) is 11.6 Å². The Labute approximate surface area is 208 Å². The van der Waals surface area contributed by atoms with Gasteiger partial charge in [0.25, 0.3) is 0 Å². The standard InChI is InChI=1S/C31H20ClN3/c32-31-34-29(33-30(35-31)28-17-16-22-10-4-5-11-23(22)19-28)27-15-7-14-26(20-27)25-13-6-12-24(18-25)21-8-2-1-3-9-21/h1-20H. The van der Waals surface area contributed by atoms with Crippen molar-refractivity contribution in [3.63, 3.8) is 0 Å². The van der Waals surface area contributed by atoms with E-state index in [0.717, 1.165) is 27.6 Å². The molecule has 0 atom stereocenters. The highest BCUT2D eigenvalue weighted by atomic mass is 35.5. The maximum Gasteiger partial charge on any atom is 0.226 e. The molecule has 3 nitrogen and oxygen atoms in total. The molecule has 0 aliphatic heterocycles. The van der Waals surface area contributed by atoms with Gasteiger partial charge in [0.1, 0.15) is 0 Å². The Morgan fingerprint density at radius 2 is 0.886 bits per heavy atom. The van der Waals surface area contributed by atoms with Crippen molar-refractivity contribution in [3.8, 4) is 45.0 Å². The molecule has 6 aromatic rings. The zero-order valence-corrected chi connectivity index (χ0v) is 19.5. The molecule has 1 aromatic heterocycles. The normalized spacial score (nSPS) is 11.0. The number of fused-ring (bicyclic) bond motifs is 1. The summed E-state index contributed by atoms with van der Waals surface area (Å²) in [6, 6.07) is 41.5. The van der Waals surface area contributed by atoms with E-state index >= 15 is 0 Å². The molecule has 0 unspecified atom stereocenters. The molecule has 5 aromatic carbocycles. The van der Waals surface area contributed by atoms with Crippen LogP contribution in [0.15, 0.2) is 121 Å². The van der Waals surface area contributed by atoms with Gasteiger partial charge in [-0.05, 0) is 62.8 Å². The molecule has 0 radical (unpaired) electrons. The molecular weight excluding hydrogens is 450 g/mol. The second kappa shape index (κ2) is 9.13. The summed E-state index contributed by atoms with van der Waals surface area (Å²) in [5.41, 5.74) is 6.37. The van der Waals surface area contributed by atoms with Crippen LogP contribution in [0.25, 0.3) is 55.8 Å². The van der Waals surface area contributed by atoms with Crippen molar-refractivity contribution >= 4 is 22.4 Å². The third-order valence-electron chi connectivity index (χ3n) is 6.04. The van der Waals surface area contributed by atoms with Gasteiger partial charge in [-0.2, -0.15) is 9.97 Å². The fraction of sp³-hybridized carbons (Fsp3) is 0. The van der Waals surface area contributed by atoms with Crippen LogP contribution < -0.4 is 0 Å². The Bertz CT molecular complexity index is 1660. The first-order valence-corrected chi connectivity index (χ1v) is 11.8. The average molecular weight is 470 g/mol. The molecule has 0 N–H and O–H groups in total. The first-order valence-electron chi connectivity index (χ1n) is 11.4. The van der Waals surface area contributed by atoms with Crippen LogP contribution in [0.2, 0.25) is 5.28 Å². The van der Waals surface area contributed by atoms with E-state index < -0.39 is 0 Å². The second-order valence-corrected chi connectivity index (χ2v) is 8.68. The largest absolute Gasteiger partial charge is 0.226 e. The predicted molar refractivity (Wildman–Crippen MR) is 144 cm³/mol. The van der Waals surface area contributed by atoms with Crippen LogP contribution in [0, 0.1) is 0 Å². The van der Waals surface area contributed by atoms with Gasteiger partial charge in [-0.15, -0.1) is 0 Å². The summed E-state index contributed by atoms with van der Waals surface area (Å²) in [4.78, 5) is 13.6. The Balaban J connectivity index is 1.39. The van der Waals surface area contributed by atoms with Crippen LogP contribution >= 0.6 is 11.6 Å². The van der Waals surface area contributed by atoms with Crippen molar-refractivity contribution in [1.29, 1.82) is 0 Å². The van der Waals surface area contributed by atoms with Crippen molar-refractivity contribution in [1.82, 2.24) is 15.0 Å². The highest BCUT2D eigenvalue weighted by Crippen LogP contribution is 2.30. The van der Waals surface area contributed by atoms with Gasteiger partial charge >= 0.3 is 0 Å². The van der Waals surface area contributed by atoms with E-state index in [1.807, 2.05) is 36.4 Å². The molecule has 0 aliphatic rings. The number of benzene rings is 5. The number of hydrogen-bond acceptors (Lipinski definition) is 3. The minimum absolute atomic E-state index is 0.176. The van der Waals surface area contributed by atoms with Crippen LogP contribution in [0.5, 0.6) is 0 Å². The zero-order valence-electron chi connectivity index (χ0n) is 18.8. The van der Waals surface area contributed by atoms with E-state index in [9.17, 15) is 0 Å². The number of nitrogens with zero attached hydrogens (tertiary/aromatic N) is 3.